The smallest absolute Gasteiger partial charge is 0.305 e. The number of amides is 1. The van der Waals surface area contributed by atoms with Crippen molar-refractivity contribution in [3.63, 3.8) is 0 Å². The number of carboxylic acids is 1. The molecule has 0 aliphatic heterocycles. The highest BCUT2D eigenvalue weighted by Crippen LogP contribution is 2.23. The summed E-state index contributed by atoms with van der Waals surface area (Å²) in [6.45, 7) is 0. The summed E-state index contributed by atoms with van der Waals surface area (Å²) >= 11 is 1.26. The molecule has 110 valence electrons. The van der Waals surface area contributed by atoms with E-state index in [0.29, 0.717) is 4.88 Å². The van der Waals surface area contributed by atoms with Crippen LogP contribution in [0.25, 0.3) is 0 Å². The van der Waals surface area contributed by atoms with E-state index < -0.39 is 35.2 Å². The number of hydrogen-bond donors (Lipinski definition) is 2. The van der Waals surface area contributed by atoms with Crippen LogP contribution in [0.4, 0.5) is 8.78 Å². The van der Waals surface area contributed by atoms with Crippen LogP contribution in [0.5, 0.6) is 0 Å². The lowest BCUT2D eigenvalue weighted by molar-refractivity contribution is -0.137. The third kappa shape index (κ3) is 3.60. The normalized spacial score (nSPS) is 11.9. The van der Waals surface area contributed by atoms with Gasteiger partial charge in [0.15, 0.2) is 5.82 Å². The van der Waals surface area contributed by atoms with Gasteiger partial charge in [0, 0.05) is 11.1 Å². The lowest BCUT2D eigenvalue weighted by atomic mass is 10.1. The molecule has 1 atom stereocenters. The minimum absolute atomic E-state index is 0.360. The molecule has 5 nitrogen and oxygen atoms in total. The number of halogens is 2. The SMILES string of the molecule is O=C(O)CC(NC(=O)c1ccnc(F)c1F)c1cccs1. The van der Waals surface area contributed by atoms with Crippen molar-refractivity contribution in [1.82, 2.24) is 10.3 Å². The third-order valence-electron chi connectivity index (χ3n) is 2.66. The van der Waals surface area contributed by atoms with Crippen LogP contribution in [-0.4, -0.2) is 22.0 Å². The van der Waals surface area contributed by atoms with Crippen LogP contribution in [0.3, 0.4) is 0 Å². The Morgan fingerprint density at radius 2 is 2.14 bits per heavy atom. The first-order chi connectivity index (χ1) is 9.99. The van der Waals surface area contributed by atoms with Gasteiger partial charge in [-0.15, -0.1) is 11.3 Å². The van der Waals surface area contributed by atoms with Crippen molar-refractivity contribution in [1.29, 1.82) is 0 Å². The molecule has 2 N–H and O–H groups in total. The lowest BCUT2D eigenvalue weighted by Gasteiger charge is -2.15. The Morgan fingerprint density at radius 3 is 2.76 bits per heavy atom. The highest BCUT2D eigenvalue weighted by atomic mass is 32.1. The highest BCUT2D eigenvalue weighted by Gasteiger charge is 2.22. The van der Waals surface area contributed by atoms with Crippen LogP contribution in [0.2, 0.25) is 0 Å². The van der Waals surface area contributed by atoms with Crippen LogP contribution in [0.15, 0.2) is 29.8 Å². The van der Waals surface area contributed by atoms with E-state index in [9.17, 15) is 18.4 Å². The Kier molecular flexibility index (Phi) is 4.59. The second-order valence-corrected chi connectivity index (χ2v) is 5.08. The predicted molar refractivity (Wildman–Crippen MR) is 70.9 cm³/mol. The van der Waals surface area contributed by atoms with Crippen molar-refractivity contribution in [3.8, 4) is 0 Å². The van der Waals surface area contributed by atoms with E-state index in [1.54, 1.807) is 17.5 Å². The van der Waals surface area contributed by atoms with Crippen LogP contribution >= 0.6 is 11.3 Å². The molecule has 2 rings (SSSR count). The van der Waals surface area contributed by atoms with Crippen LogP contribution in [0, 0.1) is 11.8 Å². The van der Waals surface area contributed by atoms with Gasteiger partial charge in [0.25, 0.3) is 5.91 Å². The average Bonchev–Trinajstić information content (AvgIpc) is 2.94. The van der Waals surface area contributed by atoms with E-state index in [0.717, 1.165) is 12.3 Å². The van der Waals surface area contributed by atoms with Gasteiger partial charge in [-0.25, -0.2) is 9.37 Å². The molecule has 1 unspecified atom stereocenters. The number of carbonyl (C=O) groups excluding carboxylic acids is 1. The van der Waals surface area contributed by atoms with Gasteiger partial charge in [0.1, 0.15) is 0 Å². The Hall–Kier alpha value is -2.35. The van der Waals surface area contributed by atoms with E-state index in [4.69, 9.17) is 5.11 Å². The first kappa shape index (κ1) is 15.0. The summed E-state index contributed by atoms with van der Waals surface area (Å²) in [4.78, 5) is 26.5. The molecule has 0 aromatic carbocycles. The number of carboxylic acid groups (broad SMARTS) is 1. The Balaban J connectivity index is 2.22. The van der Waals surface area contributed by atoms with E-state index >= 15 is 0 Å². The molecule has 0 saturated carbocycles. The third-order valence-corrected chi connectivity index (χ3v) is 3.65. The maximum Gasteiger partial charge on any atom is 0.305 e. The minimum atomic E-state index is -1.38. The topological polar surface area (TPSA) is 79.3 Å². The van der Waals surface area contributed by atoms with Gasteiger partial charge < -0.3 is 10.4 Å². The second-order valence-electron chi connectivity index (χ2n) is 4.10. The zero-order valence-corrected chi connectivity index (χ0v) is 11.4. The van der Waals surface area contributed by atoms with E-state index in [2.05, 4.69) is 10.3 Å². The summed E-state index contributed by atoms with van der Waals surface area (Å²) in [7, 11) is 0. The molecule has 0 spiro atoms. The van der Waals surface area contributed by atoms with Crippen LogP contribution in [-0.2, 0) is 4.79 Å². The number of nitrogens with one attached hydrogen (secondary N) is 1. The van der Waals surface area contributed by atoms with Gasteiger partial charge in [0.05, 0.1) is 18.0 Å². The van der Waals surface area contributed by atoms with Gasteiger partial charge >= 0.3 is 5.97 Å². The summed E-state index contributed by atoms with van der Waals surface area (Å²) < 4.78 is 26.5. The summed E-state index contributed by atoms with van der Waals surface area (Å²) in [5, 5.41) is 13.0. The fourth-order valence-corrected chi connectivity index (χ4v) is 2.49. The Morgan fingerprint density at radius 1 is 1.38 bits per heavy atom. The molecule has 2 heterocycles. The zero-order chi connectivity index (χ0) is 15.4. The van der Waals surface area contributed by atoms with Gasteiger partial charge in [-0.1, -0.05) is 6.07 Å². The lowest BCUT2D eigenvalue weighted by Crippen LogP contribution is -2.30. The average molecular weight is 312 g/mol. The van der Waals surface area contributed by atoms with Crippen molar-refractivity contribution in [3.05, 3.63) is 52.0 Å². The van der Waals surface area contributed by atoms with Gasteiger partial charge in [-0.05, 0) is 17.5 Å². The largest absolute Gasteiger partial charge is 0.481 e. The van der Waals surface area contributed by atoms with E-state index in [-0.39, 0.29) is 6.42 Å². The molecule has 0 aliphatic carbocycles. The van der Waals surface area contributed by atoms with Crippen molar-refractivity contribution in [2.45, 2.75) is 12.5 Å². The molecule has 0 fully saturated rings. The maximum atomic E-state index is 13.5. The maximum absolute atomic E-state index is 13.5. The number of carbonyl (C=O) groups is 2. The van der Waals surface area contributed by atoms with Gasteiger partial charge in [0.2, 0.25) is 5.95 Å². The molecule has 21 heavy (non-hydrogen) atoms. The van der Waals surface area contributed by atoms with Crippen LogP contribution in [0.1, 0.15) is 27.7 Å². The molecular formula is C13H10F2N2O3S. The zero-order valence-electron chi connectivity index (χ0n) is 10.5. The first-order valence-electron chi connectivity index (χ1n) is 5.85. The van der Waals surface area contributed by atoms with Crippen molar-refractivity contribution in [2.75, 3.05) is 0 Å². The van der Waals surface area contributed by atoms with Crippen molar-refractivity contribution >= 4 is 23.2 Å². The second kappa shape index (κ2) is 6.40. The molecule has 0 aliphatic rings. The number of nitrogens with zero attached hydrogens (tertiary/aromatic N) is 1. The first-order valence-corrected chi connectivity index (χ1v) is 6.73. The molecular weight excluding hydrogens is 302 g/mol. The van der Waals surface area contributed by atoms with Crippen LogP contribution < -0.4 is 5.32 Å². The number of rotatable bonds is 5. The molecule has 0 saturated heterocycles. The molecule has 2 aromatic rings. The number of hydrogen-bond acceptors (Lipinski definition) is 4. The quantitative estimate of drug-likeness (QED) is 0.831. The number of pyridine rings is 1. The summed E-state index contributed by atoms with van der Waals surface area (Å²) in [5.74, 6) is -4.76. The molecule has 8 heteroatoms. The molecule has 2 aromatic heterocycles. The standard InChI is InChI=1S/C13H10F2N2O3S/c14-11-7(3-4-16-12(11)15)13(20)17-8(6-10(18)19)9-2-1-5-21-9/h1-5,8H,6H2,(H,17,20)(H,18,19). The number of aromatic nitrogens is 1. The molecule has 1 amide bonds. The molecule has 0 radical (unpaired) electrons. The van der Waals surface area contributed by atoms with Gasteiger partial charge in [-0.3, -0.25) is 9.59 Å². The monoisotopic (exact) mass is 312 g/mol. The van der Waals surface area contributed by atoms with Gasteiger partial charge in [-0.2, -0.15) is 4.39 Å². The highest BCUT2D eigenvalue weighted by molar-refractivity contribution is 7.10. The van der Waals surface area contributed by atoms with E-state index in [1.165, 1.54) is 11.3 Å². The number of aliphatic carboxylic acids is 1. The fourth-order valence-electron chi connectivity index (χ4n) is 1.72. The summed E-state index contributed by atoms with van der Waals surface area (Å²) in [6.07, 6.45) is 0.603. The fraction of sp³-hybridized carbons (Fsp3) is 0.154. The summed E-state index contributed by atoms with van der Waals surface area (Å²) in [6, 6.07) is 3.57. The Bertz CT molecular complexity index is 661. The predicted octanol–water partition coefficient (Wildman–Crippen LogP) is 2.37. The van der Waals surface area contributed by atoms with Crippen molar-refractivity contribution < 1.29 is 23.5 Å². The minimum Gasteiger partial charge on any atom is -0.481 e. The summed E-state index contributed by atoms with van der Waals surface area (Å²) in [5.41, 5.74) is -0.519. The van der Waals surface area contributed by atoms with Crippen molar-refractivity contribution in [2.24, 2.45) is 0 Å². The Labute approximate surface area is 122 Å². The number of thiophene rings is 1. The van der Waals surface area contributed by atoms with E-state index in [1.807, 2.05) is 0 Å². The molecule has 0 bridgehead atoms.